The standard InChI is InChI=1S/C26H21IN2O4S/c1-17-2-10-21(11-3-17)28-24(30)16-33-22-12-6-18(7-13-22)14-23-25(31)29(26(32)34-23)15-19-4-8-20(27)9-5-19/h2-14H,15-16H2,1H3,(H,28,30)/b23-14-. The number of thioether (sulfide) groups is 1. The molecule has 0 saturated carbocycles. The number of nitrogens with zero attached hydrogens (tertiary/aromatic N) is 1. The molecule has 0 bridgehead atoms. The van der Waals surface area contributed by atoms with Crippen LogP contribution in [0, 0.1) is 10.5 Å². The highest BCUT2D eigenvalue weighted by atomic mass is 127. The number of amides is 3. The molecule has 6 nitrogen and oxygen atoms in total. The molecular weight excluding hydrogens is 563 g/mol. The van der Waals surface area contributed by atoms with Gasteiger partial charge in [0.1, 0.15) is 5.75 Å². The monoisotopic (exact) mass is 584 g/mol. The fourth-order valence-corrected chi connectivity index (χ4v) is 4.40. The maximum absolute atomic E-state index is 12.7. The average Bonchev–Trinajstić information content (AvgIpc) is 3.09. The fourth-order valence-electron chi connectivity index (χ4n) is 3.20. The Morgan fingerprint density at radius 3 is 2.35 bits per heavy atom. The molecule has 1 fully saturated rings. The second kappa shape index (κ2) is 10.9. The number of imide groups is 1. The molecule has 0 spiro atoms. The number of nitrogens with one attached hydrogen (secondary N) is 1. The van der Waals surface area contributed by atoms with Crippen LogP contribution in [0.15, 0.2) is 77.7 Å². The third-order valence-corrected chi connectivity index (χ3v) is 6.64. The quantitative estimate of drug-likeness (QED) is 0.279. The maximum Gasteiger partial charge on any atom is 0.293 e. The maximum atomic E-state index is 12.7. The van der Waals surface area contributed by atoms with Gasteiger partial charge >= 0.3 is 0 Å². The van der Waals surface area contributed by atoms with E-state index in [0.717, 1.165) is 32.0 Å². The Balaban J connectivity index is 1.33. The van der Waals surface area contributed by atoms with Gasteiger partial charge in [-0.2, -0.15) is 0 Å². The molecular formula is C26H21IN2O4S. The van der Waals surface area contributed by atoms with Crippen molar-refractivity contribution in [3.8, 4) is 5.75 Å². The van der Waals surface area contributed by atoms with Crippen molar-refractivity contribution in [3.63, 3.8) is 0 Å². The van der Waals surface area contributed by atoms with Gasteiger partial charge in [0.15, 0.2) is 6.61 Å². The molecule has 0 atom stereocenters. The van der Waals surface area contributed by atoms with Gasteiger partial charge in [-0.05, 0) is 94.9 Å². The smallest absolute Gasteiger partial charge is 0.293 e. The van der Waals surface area contributed by atoms with E-state index >= 15 is 0 Å². The molecule has 4 rings (SSSR count). The zero-order valence-corrected chi connectivity index (χ0v) is 21.3. The van der Waals surface area contributed by atoms with E-state index in [4.69, 9.17) is 4.74 Å². The number of hydrogen-bond donors (Lipinski definition) is 1. The number of ether oxygens (including phenoxy) is 1. The van der Waals surface area contributed by atoms with Crippen molar-refractivity contribution in [2.24, 2.45) is 0 Å². The molecule has 1 heterocycles. The number of carbonyl (C=O) groups excluding carboxylic acids is 3. The average molecular weight is 584 g/mol. The molecule has 1 N–H and O–H groups in total. The number of aryl methyl sites for hydroxylation is 1. The molecule has 0 aromatic heterocycles. The van der Waals surface area contributed by atoms with Crippen molar-refractivity contribution in [3.05, 3.63) is 98.0 Å². The van der Waals surface area contributed by atoms with Gasteiger partial charge in [0.05, 0.1) is 11.4 Å². The molecule has 8 heteroatoms. The number of anilines is 1. The summed E-state index contributed by atoms with van der Waals surface area (Å²) in [6.07, 6.45) is 1.69. The lowest BCUT2D eigenvalue weighted by Gasteiger charge is -2.12. The Kier molecular flexibility index (Phi) is 7.69. The number of benzene rings is 3. The summed E-state index contributed by atoms with van der Waals surface area (Å²) in [5.41, 5.74) is 3.49. The zero-order chi connectivity index (χ0) is 24.1. The van der Waals surface area contributed by atoms with Crippen LogP contribution in [0.2, 0.25) is 0 Å². The lowest BCUT2D eigenvalue weighted by molar-refractivity contribution is -0.123. The van der Waals surface area contributed by atoms with E-state index < -0.39 is 0 Å². The van der Waals surface area contributed by atoms with Crippen molar-refractivity contribution in [1.29, 1.82) is 0 Å². The van der Waals surface area contributed by atoms with Gasteiger partial charge in [-0.1, -0.05) is 42.0 Å². The summed E-state index contributed by atoms with van der Waals surface area (Å²) in [4.78, 5) is 38.8. The normalized spacial score (nSPS) is 14.5. The van der Waals surface area contributed by atoms with E-state index in [1.807, 2.05) is 55.5 Å². The SMILES string of the molecule is Cc1ccc(NC(=O)COc2ccc(/C=C3\SC(=O)N(Cc4ccc(I)cc4)C3=O)cc2)cc1. The summed E-state index contributed by atoms with van der Waals surface area (Å²) in [5.74, 6) is -0.0283. The van der Waals surface area contributed by atoms with Crippen LogP contribution < -0.4 is 10.1 Å². The molecule has 0 unspecified atom stereocenters. The molecule has 1 aliphatic heterocycles. The van der Waals surface area contributed by atoms with Crippen LogP contribution in [0.4, 0.5) is 10.5 Å². The van der Waals surface area contributed by atoms with Gasteiger partial charge in [-0.3, -0.25) is 19.3 Å². The number of hydrogen-bond acceptors (Lipinski definition) is 5. The summed E-state index contributed by atoms with van der Waals surface area (Å²) < 4.78 is 6.64. The molecule has 3 aromatic carbocycles. The Bertz CT molecular complexity index is 1240. The molecule has 0 radical (unpaired) electrons. The van der Waals surface area contributed by atoms with E-state index in [0.29, 0.717) is 16.3 Å². The van der Waals surface area contributed by atoms with Crippen LogP contribution in [0.3, 0.4) is 0 Å². The molecule has 34 heavy (non-hydrogen) atoms. The van der Waals surface area contributed by atoms with Gasteiger partial charge in [-0.15, -0.1) is 0 Å². The minimum atomic E-state index is -0.304. The first kappa shape index (κ1) is 24.0. The second-order valence-corrected chi connectivity index (χ2v) is 9.91. The van der Waals surface area contributed by atoms with Crippen LogP contribution in [-0.2, 0) is 16.1 Å². The summed E-state index contributed by atoms with van der Waals surface area (Å²) >= 11 is 3.14. The van der Waals surface area contributed by atoms with E-state index in [1.54, 1.807) is 30.3 Å². The summed E-state index contributed by atoms with van der Waals surface area (Å²) in [5, 5.41) is 2.50. The van der Waals surface area contributed by atoms with Crippen LogP contribution in [0.1, 0.15) is 16.7 Å². The van der Waals surface area contributed by atoms with Crippen molar-refractivity contribution in [2.75, 3.05) is 11.9 Å². The second-order valence-electron chi connectivity index (χ2n) is 7.67. The number of halogens is 1. The molecule has 1 aliphatic rings. The molecule has 0 aliphatic carbocycles. The highest BCUT2D eigenvalue weighted by Crippen LogP contribution is 2.33. The van der Waals surface area contributed by atoms with Crippen molar-refractivity contribution >= 4 is 63.2 Å². The first-order valence-corrected chi connectivity index (χ1v) is 12.4. The van der Waals surface area contributed by atoms with Gasteiger partial charge < -0.3 is 10.1 Å². The van der Waals surface area contributed by atoms with Crippen LogP contribution in [0.5, 0.6) is 5.75 Å². The Labute approximate surface area is 215 Å². The van der Waals surface area contributed by atoms with Gasteiger partial charge in [-0.25, -0.2) is 0 Å². The first-order chi connectivity index (χ1) is 16.4. The van der Waals surface area contributed by atoms with Gasteiger partial charge in [0.2, 0.25) is 0 Å². The Morgan fingerprint density at radius 2 is 1.68 bits per heavy atom. The van der Waals surface area contributed by atoms with Gasteiger partial charge in [0, 0.05) is 9.26 Å². The topological polar surface area (TPSA) is 75.7 Å². The molecule has 172 valence electrons. The molecule has 3 amide bonds. The summed E-state index contributed by atoms with van der Waals surface area (Å²) in [6.45, 7) is 2.11. The van der Waals surface area contributed by atoms with Crippen molar-refractivity contribution < 1.29 is 19.1 Å². The number of rotatable bonds is 7. The van der Waals surface area contributed by atoms with E-state index in [2.05, 4.69) is 27.9 Å². The van der Waals surface area contributed by atoms with E-state index in [-0.39, 0.29) is 30.2 Å². The minimum absolute atomic E-state index is 0.120. The summed E-state index contributed by atoms with van der Waals surface area (Å²) in [6, 6.07) is 22.2. The highest BCUT2D eigenvalue weighted by molar-refractivity contribution is 14.1. The predicted molar refractivity (Wildman–Crippen MR) is 142 cm³/mol. The molecule has 1 saturated heterocycles. The Morgan fingerprint density at radius 1 is 1.00 bits per heavy atom. The van der Waals surface area contributed by atoms with Crippen molar-refractivity contribution in [2.45, 2.75) is 13.5 Å². The fraction of sp³-hybridized carbons (Fsp3) is 0.115. The minimum Gasteiger partial charge on any atom is -0.484 e. The highest BCUT2D eigenvalue weighted by Gasteiger charge is 2.34. The van der Waals surface area contributed by atoms with Crippen molar-refractivity contribution in [1.82, 2.24) is 4.90 Å². The third-order valence-electron chi connectivity index (χ3n) is 5.01. The summed E-state index contributed by atoms with van der Waals surface area (Å²) in [7, 11) is 0. The molecule has 3 aromatic rings. The Hall–Kier alpha value is -3.11. The van der Waals surface area contributed by atoms with E-state index in [1.165, 1.54) is 4.90 Å². The van der Waals surface area contributed by atoms with Gasteiger partial charge in [0.25, 0.3) is 17.1 Å². The predicted octanol–water partition coefficient (Wildman–Crippen LogP) is 5.85. The zero-order valence-electron chi connectivity index (χ0n) is 18.3. The van der Waals surface area contributed by atoms with Crippen LogP contribution in [-0.4, -0.2) is 28.6 Å². The van der Waals surface area contributed by atoms with Crippen LogP contribution >= 0.6 is 34.4 Å². The lowest BCUT2D eigenvalue weighted by atomic mass is 10.2. The first-order valence-electron chi connectivity index (χ1n) is 10.5. The third kappa shape index (κ3) is 6.27. The van der Waals surface area contributed by atoms with Crippen LogP contribution in [0.25, 0.3) is 6.08 Å². The largest absolute Gasteiger partial charge is 0.484 e. The van der Waals surface area contributed by atoms with E-state index in [9.17, 15) is 14.4 Å². The lowest BCUT2D eigenvalue weighted by Crippen LogP contribution is -2.27. The number of carbonyl (C=O) groups is 3.